The molecule has 1 aromatic carbocycles. The summed E-state index contributed by atoms with van der Waals surface area (Å²) in [5.41, 5.74) is 0.488. The molecule has 88 valence electrons. The predicted molar refractivity (Wildman–Crippen MR) is 66.2 cm³/mol. The standard InChI is InChI=1S/C12H14Cl2O2/c1-7(2)9(6-15)12(16)8-3-4-10(13)11(14)5-8/h3-5,7,9,15H,6H2,1-2H3. The molecule has 0 aliphatic heterocycles. The van der Waals surface area contributed by atoms with Crippen LogP contribution in [0.5, 0.6) is 0 Å². The minimum Gasteiger partial charge on any atom is -0.396 e. The highest BCUT2D eigenvalue weighted by atomic mass is 35.5. The van der Waals surface area contributed by atoms with E-state index in [2.05, 4.69) is 0 Å². The van der Waals surface area contributed by atoms with E-state index in [9.17, 15) is 9.90 Å². The molecule has 0 radical (unpaired) electrons. The van der Waals surface area contributed by atoms with Gasteiger partial charge in [0.2, 0.25) is 0 Å². The SMILES string of the molecule is CC(C)C(CO)C(=O)c1ccc(Cl)c(Cl)c1. The zero-order valence-corrected chi connectivity index (χ0v) is 10.7. The zero-order chi connectivity index (χ0) is 12.3. The first-order valence-corrected chi connectivity index (χ1v) is 5.83. The smallest absolute Gasteiger partial charge is 0.168 e. The van der Waals surface area contributed by atoms with Gasteiger partial charge >= 0.3 is 0 Å². The molecule has 16 heavy (non-hydrogen) atoms. The Bertz CT molecular complexity index is 389. The van der Waals surface area contributed by atoms with E-state index in [1.807, 2.05) is 13.8 Å². The van der Waals surface area contributed by atoms with E-state index < -0.39 is 5.92 Å². The molecule has 0 fully saturated rings. The van der Waals surface area contributed by atoms with Crippen molar-refractivity contribution in [3.8, 4) is 0 Å². The fourth-order valence-electron chi connectivity index (χ4n) is 1.46. The minimum absolute atomic E-state index is 0.0898. The van der Waals surface area contributed by atoms with Gasteiger partial charge in [0.15, 0.2) is 5.78 Å². The third-order valence-electron chi connectivity index (χ3n) is 2.54. The summed E-state index contributed by atoms with van der Waals surface area (Å²) in [6.07, 6.45) is 0. The van der Waals surface area contributed by atoms with Gasteiger partial charge in [-0.25, -0.2) is 0 Å². The summed E-state index contributed by atoms with van der Waals surface area (Å²) in [7, 11) is 0. The van der Waals surface area contributed by atoms with Gasteiger partial charge in [0.1, 0.15) is 0 Å². The van der Waals surface area contributed by atoms with E-state index in [1.54, 1.807) is 12.1 Å². The maximum absolute atomic E-state index is 12.0. The number of rotatable bonds is 4. The predicted octanol–water partition coefficient (Wildman–Crippen LogP) is 3.44. The van der Waals surface area contributed by atoms with Gasteiger partial charge in [0, 0.05) is 11.5 Å². The minimum atomic E-state index is -0.391. The lowest BCUT2D eigenvalue weighted by Crippen LogP contribution is -2.24. The topological polar surface area (TPSA) is 37.3 Å². The van der Waals surface area contributed by atoms with Crippen LogP contribution >= 0.6 is 23.2 Å². The number of ketones is 1. The van der Waals surface area contributed by atoms with Gasteiger partial charge in [0.25, 0.3) is 0 Å². The lowest BCUT2D eigenvalue weighted by atomic mass is 9.89. The first-order valence-electron chi connectivity index (χ1n) is 5.07. The molecule has 1 N–H and O–H groups in total. The van der Waals surface area contributed by atoms with Crippen molar-refractivity contribution < 1.29 is 9.90 Å². The molecule has 4 heteroatoms. The van der Waals surface area contributed by atoms with Crippen molar-refractivity contribution in [3.05, 3.63) is 33.8 Å². The Morgan fingerprint density at radius 2 is 1.94 bits per heavy atom. The van der Waals surface area contributed by atoms with Crippen molar-refractivity contribution in [2.24, 2.45) is 11.8 Å². The Labute approximate surface area is 105 Å². The van der Waals surface area contributed by atoms with Gasteiger partial charge in [-0.15, -0.1) is 0 Å². The number of Topliss-reactive ketones (excluding diaryl/α,β-unsaturated/α-hetero) is 1. The van der Waals surface area contributed by atoms with Gasteiger partial charge in [-0.05, 0) is 24.1 Å². The third-order valence-corrected chi connectivity index (χ3v) is 3.28. The Balaban J connectivity index is 2.99. The molecule has 1 unspecified atom stereocenters. The number of halogens is 2. The molecule has 1 rings (SSSR count). The second kappa shape index (κ2) is 5.67. The molecule has 0 aliphatic carbocycles. The second-order valence-corrected chi connectivity index (χ2v) is 4.84. The first kappa shape index (κ1) is 13.5. The fourth-order valence-corrected chi connectivity index (χ4v) is 1.76. The number of benzene rings is 1. The average molecular weight is 261 g/mol. The van der Waals surface area contributed by atoms with Gasteiger partial charge < -0.3 is 5.11 Å². The molecule has 2 nitrogen and oxygen atoms in total. The number of carbonyl (C=O) groups is 1. The van der Waals surface area contributed by atoms with E-state index in [0.29, 0.717) is 15.6 Å². The van der Waals surface area contributed by atoms with E-state index in [4.69, 9.17) is 23.2 Å². The van der Waals surface area contributed by atoms with Crippen molar-refractivity contribution in [2.45, 2.75) is 13.8 Å². The molecule has 0 heterocycles. The van der Waals surface area contributed by atoms with Crippen LogP contribution in [-0.4, -0.2) is 17.5 Å². The number of hydrogen-bond donors (Lipinski definition) is 1. The lowest BCUT2D eigenvalue weighted by Gasteiger charge is -2.16. The molecule has 1 aromatic rings. The van der Waals surface area contributed by atoms with Crippen LogP contribution in [0.3, 0.4) is 0 Å². The number of hydrogen-bond acceptors (Lipinski definition) is 2. The Hall–Kier alpha value is -0.570. The average Bonchev–Trinajstić information content (AvgIpc) is 2.22. The highest BCUT2D eigenvalue weighted by molar-refractivity contribution is 6.42. The summed E-state index contributed by atoms with van der Waals surface area (Å²) in [5, 5.41) is 9.95. The highest BCUT2D eigenvalue weighted by Crippen LogP contribution is 2.25. The largest absolute Gasteiger partial charge is 0.396 e. The highest BCUT2D eigenvalue weighted by Gasteiger charge is 2.22. The van der Waals surface area contributed by atoms with Crippen molar-refractivity contribution in [3.63, 3.8) is 0 Å². The van der Waals surface area contributed by atoms with Gasteiger partial charge in [-0.1, -0.05) is 37.0 Å². The summed E-state index contributed by atoms with van der Waals surface area (Å²) in [4.78, 5) is 12.0. The quantitative estimate of drug-likeness (QED) is 0.843. The summed E-state index contributed by atoms with van der Waals surface area (Å²) in [6.45, 7) is 3.64. The van der Waals surface area contributed by atoms with Gasteiger partial charge in [-0.3, -0.25) is 4.79 Å². The monoisotopic (exact) mass is 260 g/mol. The molecular weight excluding hydrogens is 247 g/mol. The normalized spacial score (nSPS) is 12.9. The molecule has 0 bridgehead atoms. The van der Waals surface area contributed by atoms with Crippen LogP contribution in [0, 0.1) is 11.8 Å². The van der Waals surface area contributed by atoms with Crippen LogP contribution in [0.4, 0.5) is 0 Å². The summed E-state index contributed by atoms with van der Waals surface area (Å²) in [5.74, 6) is -0.403. The number of aliphatic hydroxyl groups excluding tert-OH is 1. The maximum atomic E-state index is 12.0. The maximum Gasteiger partial charge on any atom is 0.168 e. The van der Waals surface area contributed by atoms with Crippen molar-refractivity contribution in [2.75, 3.05) is 6.61 Å². The first-order chi connectivity index (χ1) is 7.47. The van der Waals surface area contributed by atoms with Crippen LogP contribution in [0.2, 0.25) is 10.0 Å². The molecule has 0 aliphatic rings. The van der Waals surface area contributed by atoms with Crippen LogP contribution in [0.15, 0.2) is 18.2 Å². The van der Waals surface area contributed by atoms with E-state index in [1.165, 1.54) is 6.07 Å². The van der Waals surface area contributed by atoms with E-state index >= 15 is 0 Å². The zero-order valence-electron chi connectivity index (χ0n) is 9.21. The van der Waals surface area contributed by atoms with Crippen molar-refractivity contribution >= 4 is 29.0 Å². The number of aliphatic hydroxyl groups is 1. The second-order valence-electron chi connectivity index (χ2n) is 4.03. The summed E-state index contributed by atoms with van der Waals surface area (Å²) >= 11 is 11.6. The van der Waals surface area contributed by atoms with Crippen molar-refractivity contribution in [1.29, 1.82) is 0 Å². The molecule has 0 saturated heterocycles. The molecule has 0 amide bonds. The Morgan fingerprint density at radius 3 is 2.38 bits per heavy atom. The Kier molecular flexibility index (Phi) is 4.78. The molecule has 0 aromatic heterocycles. The van der Waals surface area contributed by atoms with Crippen molar-refractivity contribution in [1.82, 2.24) is 0 Å². The van der Waals surface area contributed by atoms with Gasteiger partial charge in [0.05, 0.1) is 16.7 Å². The summed E-state index contributed by atoms with van der Waals surface area (Å²) < 4.78 is 0. The van der Waals surface area contributed by atoms with E-state index in [-0.39, 0.29) is 18.3 Å². The van der Waals surface area contributed by atoms with Crippen LogP contribution in [0.1, 0.15) is 24.2 Å². The van der Waals surface area contributed by atoms with Crippen LogP contribution in [0.25, 0.3) is 0 Å². The molecule has 0 saturated carbocycles. The Morgan fingerprint density at radius 1 is 1.31 bits per heavy atom. The molecular formula is C12H14Cl2O2. The third kappa shape index (κ3) is 2.97. The van der Waals surface area contributed by atoms with E-state index in [0.717, 1.165) is 0 Å². The van der Waals surface area contributed by atoms with Gasteiger partial charge in [-0.2, -0.15) is 0 Å². The van der Waals surface area contributed by atoms with Crippen LogP contribution < -0.4 is 0 Å². The summed E-state index contributed by atoms with van der Waals surface area (Å²) in [6, 6.07) is 4.75. The molecule has 0 spiro atoms. The number of carbonyl (C=O) groups excluding carboxylic acids is 1. The lowest BCUT2D eigenvalue weighted by molar-refractivity contribution is 0.0807. The van der Waals surface area contributed by atoms with Crippen LogP contribution in [-0.2, 0) is 0 Å². The molecule has 1 atom stereocenters. The fraction of sp³-hybridized carbons (Fsp3) is 0.417.